The van der Waals surface area contributed by atoms with Crippen LogP contribution in [0.3, 0.4) is 0 Å². The molecule has 0 fully saturated rings. The molecule has 128 valence electrons. The molecule has 2 heterocycles. The fourth-order valence-corrected chi connectivity index (χ4v) is 1.73. The number of nitrogens with zero attached hydrogens (tertiary/aromatic N) is 2. The standard InChI is InChI=1S/C17H22N4O3/c1-12-7-8-14(18-10-12)20-15(19-11-13-6-5-9-23-13)21-16(22)24-17(2,3)4/h5-10H,11H2,1-4H3,(H2,18,19,20,21,22). The topological polar surface area (TPSA) is 88.8 Å². The van der Waals surface area contributed by atoms with Crippen molar-refractivity contribution in [2.45, 2.75) is 39.8 Å². The fraction of sp³-hybridized carbons (Fsp3) is 0.353. The summed E-state index contributed by atoms with van der Waals surface area (Å²) >= 11 is 0. The Hall–Kier alpha value is -2.83. The third-order valence-electron chi connectivity index (χ3n) is 2.75. The molecule has 2 rings (SSSR count). The van der Waals surface area contributed by atoms with Crippen LogP contribution in [0.5, 0.6) is 0 Å². The quantitative estimate of drug-likeness (QED) is 0.664. The normalized spacial score (nSPS) is 11.9. The lowest BCUT2D eigenvalue weighted by atomic mass is 10.2. The summed E-state index contributed by atoms with van der Waals surface area (Å²) in [6.07, 6.45) is 2.70. The SMILES string of the molecule is Cc1ccc(NC(=NCc2ccco2)NC(=O)OC(C)(C)C)nc1. The number of amides is 1. The molecule has 2 aromatic heterocycles. The Morgan fingerprint density at radius 2 is 2.12 bits per heavy atom. The van der Waals surface area contributed by atoms with Gasteiger partial charge in [0.05, 0.1) is 6.26 Å². The highest BCUT2D eigenvalue weighted by Crippen LogP contribution is 2.08. The largest absolute Gasteiger partial charge is 0.467 e. The first-order chi connectivity index (χ1) is 11.3. The van der Waals surface area contributed by atoms with E-state index in [1.54, 1.807) is 51.4 Å². The van der Waals surface area contributed by atoms with Gasteiger partial charge in [-0.15, -0.1) is 0 Å². The Bertz CT molecular complexity index is 686. The van der Waals surface area contributed by atoms with Crippen LogP contribution in [0.4, 0.5) is 10.6 Å². The molecule has 0 bridgehead atoms. The Morgan fingerprint density at radius 3 is 2.71 bits per heavy atom. The zero-order chi connectivity index (χ0) is 17.6. The number of hydrogen-bond donors (Lipinski definition) is 2. The van der Waals surface area contributed by atoms with Gasteiger partial charge in [-0.05, 0) is 51.5 Å². The first kappa shape index (κ1) is 17.5. The van der Waals surface area contributed by atoms with E-state index < -0.39 is 11.7 Å². The lowest BCUT2D eigenvalue weighted by molar-refractivity contribution is 0.0563. The fourth-order valence-electron chi connectivity index (χ4n) is 1.73. The summed E-state index contributed by atoms with van der Waals surface area (Å²) in [4.78, 5) is 20.5. The molecule has 7 heteroatoms. The van der Waals surface area contributed by atoms with Crippen molar-refractivity contribution >= 4 is 17.9 Å². The number of pyridine rings is 1. The second-order valence-electron chi connectivity index (χ2n) is 6.22. The van der Waals surface area contributed by atoms with Crippen molar-refractivity contribution in [2.24, 2.45) is 4.99 Å². The molecule has 0 aromatic carbocycles. The van der Waals surface area contributed by atoms with Gasteiger partial charge in [-0.1, -0.05) is 6.07 Å². The van der Waals surface area contributed by atoms with Crippen LogP contribution in [0, 0.1) is 6.92 Å². The van der Waals surface area contributed by atoms with Crippen LogP contribution in [0.25, 0.3) is 0 Å². The monoisotopic (exact) mass is 330 g/mol. The van der Waals surface area contributed by atoms with Crippen LogP contribution in [0.2, 0.25) is 0 Å². The highest BCUT2D eigenvalue weighted by Gasteiger charge is 2.17. The Kier molecular flexibility index (Phi) is 5.57. The lowest BCUT2D eigenvalue weighted by Gasteiger charge is -2.20. The molecule has 0 aliphatic rings. The molecule has 2 N–H and O–H groups in total. The van der Waals surface area contributed by atoms with Crippen molar-refractivity contribution in [2.75, 3.05) is 5.32 Å². The number of alkyl carbamates (subject to hydrolysis) is 1. The maximum Gasteiger partial charge on any atom is 0.414 e. The van der Waals surface area contributed by atoms with E-state index in [4.69, 9.17) is 9.15 Å². The molecule has 0 aliphatic carbocycles. The minimum atomic E-state index is -0.599. The number of aryl methyl sites for hydroxylation is 1. The van der Waals surface area contributed by atoms with Crippen molar-refractivity contribution < 1.29 is 13.9 Å². The van der Waals surface area contributed by atoms with E-state index in [0.717, 1.165) is 5.56 Å². The molecule has 0 atom stereocenters. The predicted octanol–water partition coefficient (Wildman–Crippen LogP) is 3.48. The number of rotatable bonds is 3. The molecule has 7 nitrogen and oxygen atoms in total. The van der Waals surface area contributed by atoms with E-state index in [9.17, 15) is 4.79 Å². The number of carbonyl (C=O) groups excluding carboxylic acids is 1. The summed E-state index contributed by atoms with van der Waals surface area (Å²) < 4.78 is 10.5. The Morgan fingerprint density at radius 1 is 1.33 bits per heavy atom. The third-order valence-corrected chi connectivity index (χ3v) is 2.75. The Labute approximate surface area is 141 Å². The van der Waals surface area contributed by atoms with Gasteiger partial charge < -0.3 is 14.5 Å². The summed E-state index contributed by atoms with van der Waals surface area (Å²) in [6.45, 7) is 7.60. The van der Waals surface area contributed by atoms with E-state index in [-0.39, 0.29) is 12.5 Å². The molecule has 1 amide bonds. The molecular weight excluding hydrogens is 308 g/mol. The maximum absolute atomic E-state index is 12.0. The number of aromatic nitrogens is 1. The van der Waals surface area contributed by atoms with Gasteiger partial charge in [-0.3, -0.25) is 5.32 Å². The van der Waals surface area contributed by atoms with Crippen molar-refractivity contribution in [3.63, 3.8) is 0 Å². The minimum Gasteiger partial charge on any atom is -0.467 e. The molecule has 2 aromatic rings. The average molecular weight is 330 g/mol. The predicted molar refractivity (Wildman–Crippen MR) is 91.8 cm³/mol. The van der Waals surface area contributed by atoms with Gasteiger partial charge in [-0.2, -0.15) is 0 Å². The van der Waals surface area contributed by atoms with Gasteiger partial charge in [0, 0.05) is 6.20 Å². The van der Waals surface area contributed by atoms with Crippen LogP contribution in [-0.4, -0.2) is 22.6 Å². The van der Waals surface area contributed by atoms with E-state index in [1.807, 2.05) is 13.0 Å². The van der Waals surface area contributed by atoms with E-state index >= 15 is 0 Å². The van der Waals surface area contributed by atoms with Crippen LogP contribution >= 0.6 is 0 Å². The first-order valence-electron chi connectivity index (χ1n) is 7.58. The number of ether oxygens (including phenoxy) is 1. The van der Waals surface area contributed by atoms with Gasteiger partial charge >= 0.3 is 6.09 Å². The molecule has 0 saturated heterocycles. The van der Waals surface area contributed by atoms with E-state index in [1.165, 1.54) is 0 Å². The van der Waals surface area contributed by atoms with Crippen molar-refractivity contribution in [3.05, 3.63) is 48.0 Å². The van der Waals surface area contributed by atoms with Crippen LogP contribution in [0.1, 0.15) is 32.1 Å². The van der Waals surface area contributed by atoms with Gasteiger partial charge in [0.15, 0.2) is 0 Å². The number of nitrogens with one attached hydrogen (secondary N) is 2. The van der Waals surface area contributed by atoms with E-state index in [2.05, 4.69) is 20.6 Å². The van der Waals surface area contributed by atoms with Gasteiger partial charge in [0.25, 0.3) is 0 Å². The van der Waals surface area contributed by atoms with Crippen molar-refractivity contribution in [1.82, 2.24) is 10.3 Å². The second kappa shape index (κ2) is 7.63. The number of guanidine groups is 1. The van der Waals surface area contributed by atoms with Crippen LogP contribution in [0.15, 0.2) is 46.1 Å². The average Bonchev–Trinajstić information content (AvgIpc) is 2.98. The zero-order valence-corrected chi connectivity index (χ0v) is 14.3. The summed E-state index contributed by atoms with van der Waals surface area (Å²) in [5.41, 5.74) is 0.438. The number of hydrogen-bond acceptors (Lipinski definition) is 5. The summed E-state index contributed by atoms with van der Waals surface area (Å²) in [6, 6.07) is 7.29. The highest BCUT2D eigenvalue weighted by molar-refractivity contribution is 6.01. The van der Waals surface area contributed by atoms with Crippen molar-refractivity contribution in [3.8, 4) is 0 Å². The van der Waals surface area contributed by atoms with E-state index in [0.29, 0.717) is 11.6 Å². The van der Waals surface area contributed by atoms with Crippen LogP contribution in [-0.2, 0) is 11.3 Å². The first-order valence-corrected chi connectivity index (χ1v) is 7.58. The molecule has 0 spiro atoms. The molecular formula is C17H22N4O3. The second-order valence-corrected chi connectivity index (χ2v) is 6.22. The maximum atomic E-state index is 12.0. The van der Waals surface area contributed by atoms with Crippen molar-refractivity contribution in [1.29, 1.82) is 0 Å². The number of anilines is 1. The highest BCUT2D eigenvalue weighted by atomic mass is 16.6. The summed E-state index contributed by atoms with van der Waals surface area (Å²) in [5.74, 6) is 1.48. The number of furan rings is 1. The van der Waals surface area contributed by atoms with Gasteiger partial charge in [0.2, 0.25) is 5.96 Å². The molecule has 0 unspecified atom stereocenters. The molecule has 0 aliphatic heterocycles. The smallest absolute Gasteiger partial charge is 0.414 e. The molecule has 24 heavy (non-hydrogen) atoms. The summed E-state index contributed by atoms with van der Waals surface area (Å²) in [7, 11) is 0. The lowest BCUT2D eigenvalue weighted by Crippen LogP contribution is -2.40. The zero-order valence-electron chi connectivity index (χ0n) is 14.3. The van der Waals surface area contributed by atoms with Gasteiger partial charge in [0.1, 0.15) is 23.7 Å². The summed E-state index contributed by atoms with van der Waals surface area (Å²) in [5, 5.41) is 5.57. The number of aliphatic imine (C=N–C) groups is 1. The molecule has 0 saturated carbocycles. The Balaban J connectivity index is 2.09. The third kappa shape index (κ3) is 6.12. The van der Waals surface area contributed by atoms with Gasteiger partial charge in [-0.25, -0.2) is 14.8 Å². The molecule has 0 radical (unpaired) electrons. The van der Waals surface area contributed by atoms with Crippen LogP contribution < -0.4 is 10.6 Å². The minimum absolute atomic E-state index is 0.233. The number of carbonyl (C=O) groups is 1.